The van der Waals surface area contributed by atoms with Crippen LogP contribution >= 0.6 is 0 Å². The molecule has 1 aromatic rings. The number of amides is 1. The van der Waals surface area contributed by atoms with Crippen molar-refractivity contribution in [3.8, 4) is 0 Å². The van der Waals surface area contributed by atoms with Gasteiger partial charge in [-0.2, -0.15) is 0 Å². The van der Waals surface area contributed by atoms with Gasteiger partial charge < -0.3 is 10.2 Å². The van der Waals surface area contributed by atoms with Crippen molar-refractivity contribution in [1.82, 2.24) is 20.1 Å². The highest BCUT2D eigenvalue weighted by molar-refractivity contribution is 5.82. The van der Waals surface area contributed by atoms with Gasteiger partial charge in [0.05, 0.1) is 6.04 Å². The van der Waals surface area contributed by atoms with Gasteiger partial charge in [0.2, 0.25) is 5.91 Å². The lowest BCUT2D eigenvalue weighted by atomic mass is 9.90. The molecule has 0 spiro atoms. The molecule has 2 aliphatic heterocycles. The number of pyridine rings is 1. The van der Waals surface area contributed by atoms with Crippen molar-refractivity contribution >= 4 is 5.91 Å². The van der Waals surface area contributed by atoms with E-state index in [0.29, 0.717) is 29.7 Å². The molecule has 1 amide bonds. The van der Waals surface area contributed by atoms with Gasteiger partial charge in [-0.25, -0.2) is 0 Å². The zero-order chi connectivity index (χ0) is 21.5. The highest BCUT2D eigenvalue weighted by Crippen LogP contribution is 2.24. The van der Waals surface area contributed by atoms with Crippen LogP contribution in [0.3, 0.4) is 0 Å². The molecule has 168 valence electrons. The third-order valence-corrected chi connectivity index (χ3v) is 6.64. The van der Waals surface area contributed by atoms with Gasteiger partial charge in [0.1, 0.15) is 0 Å². The Morgan fingerprint density at radius 1 is 1.17 bits per heavy atom. The van der Waals surface area contributed by atoms with E-state index in [9.17, 15) is 4.79 Å². The second-order valence-electron chi connectivity index (χ2n) is 10.3. The Kier molecular flexibility index (Phi) is 8.70. The molecule has 5 heteroatoms. The van der Waals surface area contributed by atoms with Crippen LogP contribution in [0.5, 0.6) is 0 Å². The van der Waals surface area contributed by atoms with Crippen molar-refractivity contribution in [3.05, 3.63) is 30.1 Å². The van der Waals surface area contributed by atoms with Gasteiger partial charge in [-0.3, -0.25) is 14.7 Å². The molecule has 0 saturated carbocycles. The van der Waals surface area contributed by atoms with Crippen LogP contribution in [0.15, 0.2) is 24.5 Å². The van der Waals surface area contributed by atoms with E-state index >= 15 is 0 Å². The van der Waals surface area contributed by atoms with E-state index in [1.54, 1.807) is 0 Å². The Hall–Kier alpha value is -1.46. The molecule has 0 unspecified atom stereocenters. The summed E-state index contributed by atoms with van der Waals surface area (Å²) in [7, 11) is 0. The van der Waals surface area contributed by atoms with E-state index in [-0.39, 0.29) is 6.04 Å². The fourth-order valence-corrected chi connectivity index (χ4v) is 5.13. The maximum Gasteiger partial charge on any atom is 0.239 e. The van der Waals surface area contributed by atoms with Gasteiger partial charge in [0.15, 0.2) is 0 Å². The molecule has 30 heavy (non-hydrogen) atoms. The molecule has 0 radical (unpaired) electrons. The Labute approximate surface area is 183 Å². The first-order chi connectivity index (χ1) is 14.4. The van der Waals surface area contributed by atoms with E-state index < -0.39 is 0 Å². The first-order valence-electron chi connectivity index (χ1n) is 12.1. The zero-order valence-corrected chi connectivity index (χ0v) is 19.5. The van der Waals surface area contributed by atoms with Gasteiger partial charge >= 0.3 is 0 Å². The molecule has 2 atom stereocenters. The summed E-state index contributed by atoms with van der Waals surface area (Å²) in [5.74, 6) is 2.24. The summed E-state index contributed by atoms with van der Waals surface area (Å²) in [6.45, 7) is 13.8. The maximum absolute atomic E-state index is 13.6. The van der Waals surface area contributed by atoms with Crippen molar-refractivity contribution in [3.63, 3.8) is 0 Å². The average Bonchev–Trinajstić information content (AvgIpc) is 2.72. The lowest BCUT2D eigenvalue weighted by Gasteiger charge is -2.42. The lowest BCUT2D eigenvalue weighted by Crippen LogP contribution is -2.59. The Balaban J connectivity index is 1.57. The van der Waals surface area contributed by atoms with Gasteiger partial charge in [-0.15, -0.1) is 0 Å². The Morgan fingerprint density at radius 3 is 2.57 bits per heavy atom. The first kappa shape index (κ1) is 23.2. The zero-order valence-electron chi connectivity index (χ0n) is 19.5. The summed E-state index contributed by atoms with van der Waals surface area (Å²) in [4.78, 5) is 22.5. The molecule has 2 fully saturated rings. The molecule has 1 aromatic heterocycles. The van der Waals surface area contributed by atoms with Crippen LogP contribution in [-0.2, 0) is 11.2 Å². The number of hydrogen-bond acceptors (Lipinski definition) is 4. The van der Waals surface area contributed by atoms with E-state index in [1.807, 2.05) is 18.5 Å². The van der Waals surface area contributed by atoms with Crippen molar-refractivity contribution in [2.45, 2.75) is 71.9 Å². The summed E-state index contributed by atoms with van der Waals surface area (Å²) in [5, 5.41) is 3.66. The van der Waals surface area contributed by atoms with Gasteiger partial charge in [0, 0.05) is 51.2 Å². The van der Waals surface area contributed by atoms with E-state index in [0.717, 1.165) is 58.4 Å². The predicted molar refractivity (Wildman–Crippen MR) is 123 cm³/mol. The number of piperidine rings is 1. The minimum absolute atomic E-state index is 0.0386. The molecule has 3 rings (SSSR count). The largest absolute Gasteiger partial charge is 0.341 e. The van der Waals surface area contributed by atoms with Crippen molar-refractivity contribution in [1.29, 1.82) is 0 Å². The van der Waals surface area contributed by atoms with Crippen LogP contribution in [0, 0.1) is 17.8 Å². The Morgan fingerprint density at radius 2 is 1.93 bits per heavy atom. The molecule has 1 N–H and O–H groups in total. The van der Waals surface area contributed by atoms with Crippen LogP contribution in [-0.4, -0.2) is 65.5 Å². The summed E-state index contributed by atoms with van der Waals surface area (Å²) < 4.78 is 0. The summed E-state index contributed by atoms with van der Waals surface area (Å²) >= 11 is 0. The second kappa shape index (κ2) is 11.2. The van der Waals surface area contributed by atoms with Crippen molar-refractivity contribution in [2.24, 2.45) is 17.8 Å². The molecule has 2 aliphatic rings. The molecular formula is C25H42N4O. The van der Waals surface area contributed by atoms with Gasteiger partial charge in [-0.1, -0.05) is 33.8 Å². The van der Waals surface area contributed by atoms with E-state index in [1.165, 1.54) is 12.0 Å². The molecule has 3 heterocycles. The molecule has 2 saturated heterocycles. The summed E-state index contributed by atoms with van der Waals surface area (Å²) in [6, 6.07) is 4.73. The van der Waals surface area contributed by atoms with Crippen molar-refractivity contribution < 1.29 is 4.79 Å². The smallest absolute Gasteiger partial charge is 0.239 e. The fourth-order valence-electron chi connectivity index (χ4n) is 5.13. The lowest BCUT2D eigenvalue weighted by molar-refractivity contribution is -0.139. The maximum atomic E-state index is 13.6. The molecule has 5 nitrogen and oxygen atoms in total. The minimum Gasteiger partial charge on any atom is -0.341 e. The number of carbonyl (C=O) groups is 1. The highest BCUT2D eigenvalue weighted by atomic mass is 16.2. The molecule has 0 aromatic carbocycles. The summed E-state index contributed by atoms with van der Waals surface area (Å²) in [6.07, 6.45) is 9.25. The van der Waals surface area contributed by atoms with Crippen molar-refractivity contribution in [2.75, 3.05) is 32.7 Å². The molecule has 0 aliphatic carbocycles. The second-order valence-corrected chi connectivity index (χ2v) is 10.3. The number of carbonyl (C=O) groups excluding carboxylic acids is 1. The van der Waals surface area contributed by atoms with Crippen LogP contribution in [0.2, 0.25) is 0 Å². The molecular weight excluding hydrogens is 372 g/mol. The number of nitrogens with zero attached hydrogens (tertiary/aromatic N) is 3. The number of nitrogens with one attached hydrogen (secondary N) is 1. The number of hydrogen-bond donors (Lipinski definition) is 1. The topological polar surface area (TPSA) is 48.5 Å². The van der Waals surface area contributed by atoms with Crippen LogP contribution in [0.4, 0.5) is 0 Å². The predicted octanol–water partition coefficient (Wildman–Crippen LogP) is 3.60. The standard InChI is InChI=1S/C25H42N4O/c1-19(2)14-23-18-29(13-10-27-23)24(15-20(3)4)25(30)28-11-7-21(8-12-28)16-22-6-5-9-26-17-22/h5-6,9,17,19-21,23-24,27H,7-8,10-16,18H2,1-4H3/t23-,24-/m0/s1. The number of likely N-dealkylation sites (tertiary alicyclic amines) is 1. The normalized spacial score (nSPS) is 22.6. The van der Waals surface area contributed by atoms with E-state index in [2.05, 4.69) is 53.9 Å². The van der Waals surface area contributed by atoms with Crippen LogP contribution in [0.1, 0.15) is 58.9 Å². The third kappa shape index (κ3) is 6.78. The average molecular weight is 415 g/mol. The number of piperazine rings is 1. The quantitative estimate of drug-likeness (QED) is 0.706. The number of aromatic nitrogens is 1. The monoisotopic (exact) mass is 414 g/mol. The third-order valence-electron chi connectivity index (χ3n) is 6.64. The SMILES string of the molecule is CC(C)C[C@H]1CN([C@@H](CC(C)C)C(=O)N2CCC(Cc3cccnc3)CC2)CCN1. The van der Waals surface area contributed by atoms with E-state index in [4.69, 9.17) is 0 Å². The van der Waals surface area contributed by atoms with Gasteiger partial charge in [-0.05, 0) is 61.5 Å². The van der Waals surface area contributed by atoms with Gasteiger partial charge in [0.25, 0.3) is 0 Å². The Bertz CT molecular complexity index is 640. The number of rotatable bonds is 8. The minimum atomic E-state index is 0.0386. The fraction of sp³-hybridized carbons (Fsp3) is 0.760. The van der Waals surface area contributed by atoms with Crippen LogP contribution < -0.4 is 5.32 Å². The summed E-state index contributed by atoms with van der Waals surface area (Å²) in [5.41, 5.74) is 1.32. The van der Waals surface area contributed by atoms with Crippen LogP contribution in [0.25, 0.3) is 0 Å². The first-order valence-corrected chi connectivity index (χ1v) is 12.1. The molecule has 0 bridgehead atoms. The highest BCUT2D eigenvalue weighted by Gasteiger charge is 2.34.